The zero-order valence-corrected chi connectivity index (χ0v) is 15.0. The minimum Gasteiger partial charge on any atom is -0.454 e. The van der Waals surface area contributed by atoms with Crippen LogP contribution in [-0.4, -0.2) is 25.3 Å². The molecule has 152 valence electrons. The van der Waals surface area contributed by atoms with Crippen molar-refractivity contribution in [2.75, 3.05) is 13.4 Å². The molecule has 0 spiro atoms. The Morgan fingerprint density at radius 1 is 1.07 bits per heavy atom. The summed E-state index contributed by atoms with van der Waals surface area (Å²) in [6.45, 7) is -0.115. The number of hydrogen-bond donors (Lipinski definition) is 1. The van der Waals surface area contributed by atoms with Crippen LogP contribution in [0.25, 0.3) is 6.08 Å². The molecular weight excluding hydrogens is 391 g/mol. The monoisotopic (exact) mass is 407 g/mol. The molecule has 1 aliphatic heterocycles. The first kappa shape index (κ1) is 20.2. The Hall–Kier alpha value is -3.49. The van der Waals surface area contributed by atoms with E-state index in [2.05, 4.69) is 5.32 Å². The van der Waals surface area contributed by atoms with E-state index in [-0.39, 0.29) is 13.3 Å². The summed E-state index contributed by atoms with van der Waals surface area (Å²) in [5, 5.41) is 2.60. The van der Waals surface area contributed by atoms with Crippen molar-refractivity contribution in [2.45, 2.75) is 12.7 Å². The molecule has 9 heteroatoms. The van der Waals surface area contributed by atoms with Crippen LogP contribution >= 0.6 is 0 Å². The molecule has 2 aromatic rings. The molecule has 2 aromatic carbocycles. The van der Waals surface area contributed by atoms with Gasteiger partial charge in [-0.05, 0) is 41.5 Å². The number of carbonyl (C=O) groups is 2. The second-order valence-corrected chi connectivity index (χ2v) is 6.03. The van der Waals surface area contributed by atoms with Crippen molar-refractivity contribution in [1.29, 1.82) is 0 Å². The standard InChI is InChI=1S/C20H16F3NO5/c21-20(22,23)15-5-1-13(2-6-15)4-8-19(26)27-11-18(25)24-10-14-3-7-16-17(9-14)29-12-28-16/h1-9H,10-12H2,(H,24,25)/b8-4+. The molecule has 0 aromatic heterocycles. The molecule has 29 heavy (non-hydrogen) atoms. The Kier molecular flexibility index (Phi) is 6.06. The maximum atomic E-state index is 12.5. The third kappa shape index (κ3) is 5.74. The van der Waals surface area contributed by atoms with Gasteiger partial charge >= 0.3 is 12.1 Å². The molecule has 1 heterocycles. The Bertz CT molecular complexity index is 923. The number of esters is 1. The third-order valence-electron chi connectivity index (χ3n) is 3.92. The van der Waals surface area contributed by atoms with Crippen LogP contribution in [0.5, 0.6) is 11.5 Å². The predicted molar refractivity (Wildman–Crippen MR) is 95.8 cm³/mol. The maximum Gasteiger partial charge on any atom is 0.416 e. The number of halogens is 3. The number of nitrogens with one attached hydrogen (secondary N) is 1. The van der Waals surface area contributed by atoms with E-state index in [1.54, 1.807) is 18.2 Å². The van der Waals surface area contributed by atoms with Gasteiger partial charge in [0.2, 0.25) is 6.79 Å². The number of alkyl halides is 3. The smallest absolute Gasteiger partial charge is 0.416 e. The van der Waals surface area contributed by atoms with Crippen LogP contribution < -0.4 is 14.8 Å². The lowest BCUT2D eigenvalue weighted by Gasteiger charge is -2.07. The fourth-order valence-electron chi connectivity index (χ4n) is 2.43. The molecular formula is C20H16F3NO5. The number of benzene rings is 2. The summed E-state index contributed by atoms with van der Waals surface area (Å²) in [5.74, 6) is -0.0625. The van der Waals surface area contributed by atoms with E-state index in [0.29, 0.717) is 17.1 Å². The third-order valence-corrected chi connectivity index (χ3v) is 3.92. The van der Waals surface area contributed by atoms with Crippen LogP contribution in [0.15, 0.2) is 48.5 Å². The largest absolute Gasteiger partial charge is 0.454 e. The second kappa shape index (κ2) is 8.68. The van der Waals surface area contributed by atoms with Gasteiger partial charge in [-0.2, -0.15) is 13.2 Å². The van der Waals surface area contributed by atoms with Crippen molar-refractivity contribution in [3.05, 3.63) is 65.2 Å². The Labute approximate surface area is 163 Å². The normalized spacial score (nSPS) is 12.8. The van der Waals surface area contributed by atoms with E-state index in [1.165, 1.54) is 18.2 Å². The molecule has 0 unspecified atom stereocenters. The van der Waals surface area contributed by atoms with Gasteiger partial charge in [-0.25, -0.2) is 4.79 Å². The minimum absolute atomic E-state index is 0.154. The van der Waals surface area contributed by atoms with Gasteiger partial charge in [-0.1, -0.05) is 18.2 Å². The van der Waals surface area contributed by atoms with Gasteiger partial charge in [-0.3, -0.25) is 4.79 Å². The zero-order valence-electron chi connectivity index (χ0n) is 15.0. The molecule has 0 aliphatic carbocycles. The van der Waals surface area contributed by atoms with Crippen LogP contribution in [0.3, 0.4) is 0 Å². The van der Waals surface area contributed by atoms with Crippen molar-refractivity contribution < 1.29 is 37.0 Å². The van der Waals surface area contributed by atoms with Crippen molar-refractivity contribution in [2.24, 2.45) is 0 Å². The van der Waals surface area contributed by atoms with E-state index >= 15 is 0 Å². The van der Waals surface area contributed by atoms with Gasteiger partial charge in [0.25, 0.3) is 5.91 Å². The molecule has 0 saturated carbocycles. The molecule has 0 fully saturated rings. The van der Waals surface area contributed by atoms with Gasteiger partial charge in [0, 0.05) is 12.6 Å². The summed E-state index contributed by atoms with van der Waals surface area (Å²) in [7, 11) is 0. The topological polar surface area (TPSA) is 73.9 Å². The fourth-order valence-corrected chi connectivity index (χ4v) is 2.43. The van der Waals surface area contributed by atoms with Gasteiger partial charge in [-0.15, -0.1) is 0 Å². The van der Waals surface area contributed by atoms with Gasteiger partial charge in [0.15, 0.2) is 18.1 Å². The van der Waals surface area contributed by atoms with Crippen molar-refractivity contribution >= 4 is 18.0 Å². The number of fused-ring (bicyclic) bond motifs is 1. The quantitative estimate of drug-likeness (QED) is 0.588. The number of hydrogen-bond acceptors (Lipinski definition) is 5. The average Bonchev–Trinajstić information content (AvgIpc) is 3.16. The Balaban J connectivity index is 1.41. The van der Waals surface area contributed by atoms with E-state index in [9.17, 15) is 22.8 Å². The summed E-state index contributed by atoms with van der Waals surface area (Å²) in [6.07, 6.45) is -2.09. The molecule has 0 radical (unpaired) electrons. The summed E-state index contributed by atoms with van der Waals surface area (Å²) >= 11 is 0. The lowest BCUT2D eigenvalue weighted by molar-refractivity contribution is -0.143. The fraction of sp³-hybridized carbons (Fsp3) is 0.200. The van der Waals surface area contributed by atoms with Crippen LogP contribution in [0.1, 0.15) is 16.7 Å². The van der Waals surface area contributed by atoms with Crippen molar-refractivity contribution in [3.63, 3.8) is 0 Å². The van der Waals surface area contributed by atoms with Crippen molar-refractivity contribution in [1.82, 2.24) is 5.32 Å². The van der Waals surface area contributed by atoms with E-state index in [1.807, 2.05) is 0 Å². The first-order valence-electron chi connectivity index (χ1n) is 8.48. The lowest BCUT2D eigenvalue weighted by Crippen LogP contribution is -2.28. The summed E-state index contributed by atoms with van der Waals surface area (Å²) in [4.78, 5) is 23.4. The van der Waals surface area contributed by atoms with Gasteiger partial charge < -0.3 is 19.5 Å². The molecule has 0 bridgehead atoms. The summed E-state index contributed by atoms with van der Waals surface area (Å²) in [5.41, 5.74) is 0.398. The number of ether oxygens (including phenoxy) is 3. The van der Waals surface area contributed by atoms with Crippen LogP contribution in [0.4, 0.5) is 13.2 Å². The molecule has 1 aliphatic rings. The molecule has 3 rings (SSSR count). The van der Waals surface area contributed by atoms with Crippen LogP contribution in [-0.2, 0) is 27.0 Å². The lowest BCUT2D eigenvalue weighted by atomic mass is 10.1. The van der Waals surface area contributed by atoms with Gasteiger partial charge in [0.05, 0.1) is 5.56 Å². The molecule has 1 N–H and O–H groups in total. The van der Waals surface area contributed by atoms with Crippen LogP contribution in [0, 0.1) is 0 Å². The Morgan fingerprint density at radius 3 is 2.52 bits per heavy atom. The molecule has 1 amide bonds. The predicted octanol–water partition coefficient (Wildman–Crippen LogP) is 3.31. The van der Waals surface area contributed by atoms with Crippen LogP contribution in [0.2, 0.25) is 0 Å². The minimum atomic E-state index is -4.42. The molecule has 0 atom stereocenters. The van der Waals surface area contributed by atoms with E-state index in [0.717, 1.165) is 23.8 Å². The number of carbonyl (C=O) groups excluding carboxylic acids is 2. The second-order valence-electron chi connectivity index (χ2n) is 6.03. The molecule has 6 nitrogen and oxygen atoms in total. The Morgan fingerprint density at radius 2 is 1.79 bits per heavy atom. The highest BCUT2D eigenvalue weighted by Crippen LogP contribution is 2.32. The molecule has 0 saturated heterocycles. The van der Waals surface area contributed by atoms with Crippen molar-refractivity contribution in [3.8, 4) is 11.5 Å². The number of rotatable bonds is 6. The SMILES string of the molecule is O=C(COC(=O)/C=C/c1ccc(C(F)(F)F)cc1)NCc1ccc2c(c1)OCO2. The van der Waals surface area contributed by atoms with E-state index in [4.69, 9.17) is 14.2 Å². The highest BCUT2D eigenvalue weighted by atomic mass is 19.4. The highest BCUT2D eigenvalue weighted by molar-refractivity contribution is 5.89. The number of amides is 1. The summed E-state index contributed by atoms with van der Waals surface area (Å²) in [6, 6.07) is 9.52. The maximum absolute atomic E-state index is 12.5. The summed E-state index contributed by atoms with van der Waals surface area (Å²) < 4.78 is 52.7. The van der Waals surface area contributed by atoms with E-state index < -0.39 is 30.2 Å². The first-order chi connectivity index (χ1) is 13.8. The highest BCUT2D eigenvalue weighted by Gasteiger charge is 2.29. The van der Waals surface area contributed by atoms with Gasteiger partial charge in [0.1, 0.15) is 0 Å². The average molecular weight is 407 g/mol. The first-order valence-corrected chi connectivity index (χ1v) is 8.48. The zero-order chi connectivity index (χ0) is 20.9.